The molecule has 0 spiro atoms. The second-order valence-electron chi connectivity index (χ2n) is 4.87. The predicted octanol–water partition coefficient (Wildman–Crippen LogP) is 3.45. The van der Waals surface area contributed by atoms with E-state index in [1.54, 1.807) is 0 Å². The molecule has 2 aromatic rings. The molecule has 0 fully saturated rings. The van der Waals surface area contributed by atoms with Gasteiger partial charge in [-0.1, -0.05) is 42.4 Å². The summed E-state index contributed by atoms with van der Waals surface area (Å²) >= 11 is 1.48. The highest BCUT2D eigenvalue weighted by Crippen LogP contribution is 2.28. The Kier molecular flexibility index (Phi) is 4.50. The minimum absolute atomic E-state index is 0.437. The Balaban J connectivity index is 2.05. The third-order valence-corrected chi connectivity index (χ3v) is 3.45. The molecule has 0 unspecified atom stereocenters. The van der Waals surface area contributed by atoms with Crippen LogP contribution in [0.4, 0.5) is 0 Å². The summed E-state index contributed by atoms with van der Waals surface area (Å²) in [6.07, 6.45) is 0. The van der Waals surface area contributed by atoms with Crippen LogP contribution < -0.4 is 10.1 Å². The Bertz CT molecular complexity index is 551. The Hall–Kier alpha value is -1.46. The van der Waals surface area contributed by atoms with Gasteiger partial charge in [0.2, 0.25) is 0 Å². The van der Waals surface area contributed by atoms with E-state index in [1.807, 2.05) is 26.0 Å². The molecule has 0 bridgehead atoms. The number of hydrogen-bond acceptors (Lipinski definition) is 5. The summed E-state index contributed by atoms with van der Waals surface area (Å²) in [7, 11) is 0. The minimum atomic E-state index is 0.437. The van der Waals surface area contributed by atoms with Crippen LogP contribution in [0.1, 0.15) is 30.0 Å². The molecule has 0 atom stereocenters. The van der Waals surface area contributed by atoms with Crippen LogP contribution in [0.2, 0.25) is 0 Å². The van der Waals surface area contributed by atoms with Crippen LogP contribution in [0.15, 0.2) is 18.2 Å². The van der Waals surface area contributed by atoms with Gasteiger partial charge in [-0.25, -0.2) is 0 Å². The van der Waals surface area contributed by atoms with Crippen molar-refractivity contribution in [2.24, 2.45) is 0 Å². The van der Waals surface area contributed by atoms with Crippen LogP contribution in [0, 0.1) is 13.8 Å². The van der Waals surface area contributed by atoms with Gasteiger partial charge in [-0.2, -0.15) is 0 Å². The van der Waals surface area contributed by atoms with Crippen LogP contribution in [0.25, 0.3) is 0 Å². The number of aromatic nitrogens is 2. The third-order valence-electron chi connectivity index (χ3n) is 2.65. The molecular weight excluding hydrogens is 258 g/mol. The maximum Gasteiger partial charge on any atom is 0.299 e. The van der Waals surface area contributed by atoms with Crippen LogP contribution in [-0.4, -0.2) is 16.2 Å². The van der Waals surface area contributed by atoms with Crippen LogP contribution in [0.3, 0.4) is 0 Å². The van der Waals surface area contributed by atoms with E-state index in [0.29, 0.717) is 11.2 Å². The average molecular weight is 277 g/mol. The van der Waals surface area contributed by atoms with Gasteiger partial charge in [-0.15, -0.1) is 5.10 Å². The van der Waals surface area contributed by atoms with Crippen LogP contribution in [-0.2, 0) is 6.54 Å². The molecule has 5 heteroatoms. The zero-order chi connectivity index (χ0) is 13.8. The molecule has 102 valence electrons. The fourth-order valence-corrected chi connectivity index (χ4v) is 2.21. The smallest absolute Gasteiger partial charge is 0.299 e. The standard InChI is InChI=1S/C14H19N3OS/c1-9(2)15-8-13-16-17-14(19-13)18-12-7-10(3)5-6-11(12)4/h5-7,9,15H,8H2,1-4H3. The van der Waals surface area contributed by atoms with Gasteiger partial charge in [-0.3, -0.25) is 0 Å². The van der Waals surface area contributed by atoms with E-state index in [4.69, 9.17) is 4.74 Å². The highest BCUT2D eigenvalue weighted by molar-refractivity contribution is 7.13. The van der Waals surface area contributed by atoms with Crippen LogP contribution in [0.5, 0.6) is 10.9 Å². The Morgan fingerprint density at radius 3 is 2.79 bits per heavy atom. The monoisotopic (exact) mass is 277 g/mol. The van der Waals surface area contributed by atoms with Crippen molar-refractivity contribution in [3.8, 4) is 10.9 Å². The third kappa shape index (κ3) is 4.01. The summed E-state index contributed by atoms with van der Waals surface area (Å²) in [6.45, 7) is 9.01. The number of nitrogens with one attached hydrogen (secondary N) is 1. The van der Waals surface area contributed by atoms with Crippen molar-refractivity contribution in [3.63, 3.8) is 0 Å². The van der Waals surface area contributed by atoms with E-state index >= 15 is 0 Å². The van der Waals surface area contributed by atoms with Crippen molar-refractivity contribution in [2.45, 2.75) is 40.3 Å². The predicted molar refractivity (Wildman–Crippen MR) is 77.9 cm³/mol. The summed E-state index contributed by atoms with van der Waals surface area (Å²) in [5.41, 5.74) is 2.27. The molecule has 0 aliphatic heterocycles. The highest BCUT2D eigenvalue weighted by atomic mass is 32.1. The minimum Gasteiger partial charge on any atom is -0.430 e. The Labute approximate surface area is 117 Å². The van der Waals surface area contributed by atoms with Gasteiger partial charge in [0.15, 0.2) is 0 Å². The SMILES string of the molecule is Cc1ccc(C)c(Oc2nnc(CNC(C)C)s2)c1. The molecular formula is C14H19N3OS. The van der Waals surface area contributed by atoms with Gasteiger partial charge in [-0.05, 0) is 31.0 Å². The maximum atomic E-state index is 5.79. The largest absolute Gasteiger partial charge is 0.430 e. The topological polar surface area (TPSA) is 47.0 Å². The van der Waals surface area contributed by atoms with E-state index < -0.39 is 0 Å². The zero-order valence-electron chi connectivity index (χ0n) is 11.7. The quantitative estimate of drug-likeness (QED) is 0.909. The fraction of sp³-hybridized carbons (Fsp3) is 0.429. The lowest BCUT2D eigenvalue weighted by molar-refractivity contribution is 0.469. The van der Waals surface area contributed by atoms with Gasteiger partial charge >= 0.3 is 0 Å². The number of nitrogens with zero attached hydrogens (tertiary/aromatic N) is 2. The summed E-state index contributed by atoms with van der Waals surface area (Å²) in [5, 5.41) is 13.0. The summed E-state index contributed by atoms with van der Waals surface area (Å²) < 4.78 is 5.79. The zero-order valence-corrected chi connectivity index (χ0v) is 12.5. The van der Waals surface area contributed by atoms with Crippen molar-refractivity contribution in [1.29, 1.82) is 0 Å². The van der Waals surface area contributed by atoms with E-state index in [0.717, 1.165) is 22.9 Å². The molecule has 19 heavy (non-hydrogen) atoms. The number of benzene rings is 1. The van der Waals surface area contributed by atoms with Crippen molar-refractivity contribution in [2.75, 3.05) is 0 Å². The molecule has 4 nitrogen and oxygen atoms in total. The normalized spacial score (nSPS) is 11.0. The molecule has 0 aliphatic rings. The van der Waals surface area contributed by atoms with Gasteiger partial charge in [0.25, 0.3) is 5.19 Å². The molecule has 0 radical (unpaired) electrons. The molecule has 1 aromatic heterocycles. The van der Waals surface area contributed by atoms with Crippen molar-refractivity contribution >= 4 is 11.3 Å². The van der Waals surface area contributed by atoms with E-state index in [2.05, 4.69) is 35.4 Å². The first-order chi connectivity index (χ1) is 9.04. The number of ether oxygens (including phenoxy) is 1. The fourth-order valence-electron chi connectivity index (χ4n) is 1.55. The van der Waals surface area contributed by atoms with Gasteiger partial charge < -0.3 is 10.1 Å². The van der Waals surface area contributed by atoms with Gasteiger partial charge in [0, 0.05) is 6.04 Å². The van der Waals surface area contributed by atoms with Crippen LogP contribution >= 0.6 is 11.3 Å². The number of aryl methyl sites for hydroxylation is 2. The maximum absolute atomic E-state index is 5.79. The van der Waals surface area contributed by atoms with Crippen molar-refractivity contribution in [3.05, 3.63) is 34.3 Å². The molecule has 1 heterocycles. The summed E-state index contributed by atoms with van der Waals surface area (Å²) in [6, 6.07) is 6.57. The van der Waals surface area contributed by atoms with Crippen molar-refractivity contribution in [1.82, 2.24) is 15.5 Å². The Morgan fingerprint density at radius 1 is 1.26 bits per heavy atom. The highest BCUT2D eigenvalue weighted by Gasteiger charge is 2.08. The average Bonchev–Trinajstić information content (AvgIpc) is 2.79. The van der Waals surface area contributed by atoms with Crippen molar-refractivity contribution < 1.29 is 4.74 Å². The van der Waals surface area contributed by atoms with E-state index in [1.165, 1.54) is 16.9 Å². The lowest BCUT2D eigenvalue weighted by Gasteiger charge is -2.06. The molecule has 1 aromatic carbocycles. The second-order valence-corrected chi connectivity index (χ2v) is 5.89. The van der Waals surface area contributed by atoms with E-state index in [9.17, 15) is 0 Å². The van der Waals surface area contributed by atoms with E-state index in [-0.39, 0.29) is 0 Å². The first-order valence-electron chi connectivity index (χ1n) is 6.35. The molecule has 0 saturated heterocycles. The lowest BCUT2D eigenvalue weighted by atomic mass is 10.1. The lowest BCUT2D eigenvalue weighted by Crippen LogP contribution is -2.21. The first-order valence-corrected chi connectivity index (χ1v) is 7.17. The summed E-state index contributed by atoms with van der Waals surface area (Å²) in [4.78, 5) is 0. The molecule has 0 saturated carbocycles. The Morgan fingerprint density at radius 2 is 2.05 bits per heavy atom. The van der Waals surface area contributed by atoms with Gasteiger partial charge in [0.05, 0.1) is 6.54 Å². The summed E-state index contributed by atoms with van der Waals surface area (Å²) in [5.74, 6) is 0.847. The number of rotatable bonds is 5. The first kappa shape index (κ1) is 14.0. The second kappa shape index (κ2) is 6.12. The molecule has 0 amide bonds. The molecule has 2 rings (SSSR count). The van der Waals surface area contributed by atoms with Gasteiger partial charge in [0.1, 0.15) is 10.8 Å². The number of hydrogen-bond donors (Lipinski definition) is 1. The molecule has 1 N–H and O–H groups in total. The molecule has 0 aliphatic carbocycles.